The maximum Gasteiger partial charge on any atom is 0.407 e. The molecule has 10 nitrogen and oxygen atoms in total. The molecule has 1 atom stereocenters. The highest BCUT2D eigenvalue weighted by Gasteiger charge is 2.36. The first-order valence-electron chi connectivity index (χ1n) is 11.1. The van der Waals surface area contributed by atoms with E-state index in [1.165, 1.54) is 12.1 Å². The van der Waals surface area contributed by atoms with Gasteiger partial charge in [-0.2, -0.15) is 0 Å². The fraction of sp³-hybridized carbons (Fsp3) is 0.455. The van der Waals surface area contributed by atoms with Crippen LogP contribution in [0.25, 0.3) is 0 Å². The first kappa shape index (κ1) is 22.1. The van der Waals surface area contributed by atoms with Crippen LogP contribution < -0.4 is 20.4 Å². The van der Waals surface area contributed by atoms with Crippen LogP contribution in [0.3, 0.4) is 0 Å². The number of nitrogens with one attached hydrogen (secondary N) is 2. The highest BCUT2D eigenvalue weighted by molar-refractivity contribution is 6.01. The molecule has 0 aliphatic carbocycles. The lowest BCUT2D eigenvalue weighted by atomic mass is 9.89. The second-order valence-electron chi connectivity index (χ2n) is 8.84. The maximum atomic E-state index is 14.7. The molecule has 1 aromatic heterocycles. The molecular weight excluding hydrogens is 450 g/mol. The van der Waals surface area contributed by atoms with E-state index in [1.54, 1.807) is 11.1 Å². The Hall–Kier alpha value is -3.70. The van der Waals surface area contributed by atoms with Crippen molar-refractivity contribution in [1.82, 2.24) is 20.2 Å². The average molecular weight is 474 g/mol. The number of benzene rings is 1. The molecule has 180 valence electrons. The quantitative estimate of drug-likeness (QED) is 0.623. The minimum absolute atomic E-state index is 0.0362. The van der Waals surface area contributed by atoms with Gasteiger partial charge >= 0.3 is 6.09 Å². The zero-order valence-electron chi connectivity index (χ0n) is 18.5. The fourth-order valence-corrected chi connectivity index (χ4v) is 4.53. The summed E-state index contributed by atoms with van der Waals surface area (Å²) < 4.78 is 36.7. The van der Waals surface area contributed by atoms with Crippen molar-refractivity contribution in [3.8, 4) is 0 Å². The highest BCUT2D eigenvalue weighted by Crippen LogP contribution is 2.33. The van der Waals surface area contributed by atoms with E-state index in [0.29, 0.717) is 31.9 Å². The van der Waals surface area contributed by atoms with Gasteiger partial charge in [-0.15, -0.1) is 0 Å². The molecule has 5 rings (SSSR count). The third-order valence-corrected chi connectivity index (χ3v) is 6.42. The molecule has 1 aromatic carbocycles. The SMILES string of the molecule is Cn1ccnc1N1CC(OC(=O)NC2CN(c3cc(F)c(C4CCC(=O)NC4=O)c(F)c3)C2)C1. The van der Waals surface area contributed by atoms with Crippen molar-refractivity contribution < 1.29 is 27.9 Å². The normalized spacial score (nSPS) is 21.1. The first-order valence-corrected chi connectivity index (χ1v) is 11.1. The zero-order valence-corrected chi connectivity index (χ0v) is 18.5. The van der Waals surface area contributed by atoms with Crippen LogP contribution in [0.4, 0.5) is 25.2 Å². The second kappa shape index (κ2) is 8.58. The maximum absolute atomic E-state index is 14.7. The van der Waals surface area contributed by atoms with E-state index in [2.05, 4.69) is 15.6 Å². The summed E-state index contributed by atoms with van der Waals surface area (Å²) >= 11 is 0. The molecule has 0 spiro atoms. The lowest BCUT2D eigenvalue weighted by Gasteiger charge is -2.42. The molecule has 3 aliphatic rings. The number of amides is 3. The van der Waals surface area contributed by atoms with Crippen molar-refractivity contribution in [1.29, 1.82) is 0 Å². The molecule has 1 unspecified atom stereocenters. The number of imidazole rings is 1. The lowest BCUT2D eigenvalue weighted by molar-refractivity contribution is -0.134. The number of hydrogen-bond donors (Lipinski definition) is 2. The minimum atomic E-state index is -1.04. The van der Waals surface area contributed by atoms with Gasteiger partial charge in [-0.3, -0.25) is 14.9 Å². The van der Waals surface area contributed by atoms with Gasteiger partial charge in [-0.05, 0) is 18.6 Å². The van der Waals surface area contributed by atoms with Crippen LogP contribution in [0.5, 0.6) is 0 Å². The van der Waals surface area contributed by atoms with E-state index in [9.17, 15) is 23.2 Å². The van der Waals surface area contributed by atoms with Crippen LogP contribution in [0.15, 0.2) is 24.5 Å². The predicted octanol–water partition coefficient (Wildman–Crippen LogP) is 1.02. The summed E-state index contributed by atoms with van der Waals surface area (Å²) in [5, 5.41) is 4.88. The zero-order chi connectivity index (χ0) is 24.0. The molecule has 34 heavy (non-hydrogen) atoms. The van der Waals surface area contributed by atoms with Crippen molar-refractivity contribution in [3.05, 3.63) is 41.7 Å². The number of alkyl carbamates (subject to hydrolysis) is 1. The molecule has 3 aliphatic heterocycles. The average Bonchev–Trinajstić information content (AvgIpc) is 3.13. The monoisotopic (exact) mass is 474 g/mol. The summed E-state index contributed by atoms with van der Waals surface area (Å²) in [6.07, 6.45) is 2.90. The number of ether oxygens (including phenoxy) is 1. The molecular formula is C22H24F2N6O4. The Kier molecular flexibility index (Phi) is 5.58. The number of aromatic nitrogens is 2. The topological polar surface area (TPSA) is 109 Å². The Balaban J connectivity index is 1.11. The van der Waals surface area contributed by atoms with Crippen molar-refractivity contribution in [3.63, 3.8) is 0 Å². The van der Waals surface area contributed by atoms with Gasteiger partial charge in [0.05, 0.1) is 25.0 Å². The van der Waals surface area contributed by atoms with Crippen molar-refractivity contribution in [2.75, 3.05) is 36.0 Å². The van der Waals surface area contributed by atoms with E-state index in [0.717, 1.165) is 5.95 Å². The molecule has 3 fully saturated rings. The van der Waals surface area contributed by atoms with Crippen molar-refractivity contribution >= 4 is 29.5 Å². The van der Waals surface area contributed by atoms with Crippen LogP contribution in [-0.2, 0) is 21.4 Å². The van der Waals surface area contributed by atoms with Gasteiger partial charge in [0.1, 0.15) is 17.7 Å². The van der Waals surface area contributed by atoms with E-state index < -0.39 is 35.5 Å². The number of aryl methyl sites for hydroxylation is 1. The number of carbonyl (C=O) groups excluding carboxylic acids is 3. The molecule has 3 amide bonds. The Morgan fingerprint density at radius 2 is 1.85 bits per heavy atom. The number of imide groups is 1. The Bertz CT molecular complexity index is 1120. The summed E-state index contributed by atoms with van der Waals surface area (Å²) in [7, 11) is 1.89. The van der Waals surface area contributed by atoms with Gasteiger partial charge in [0, 0.05) is 50.2 Å². The molecule has 0 saturated carbocycles. The van der Waals surface area contributed by atoms with Gasteiger partial charge in [0.15, 0.2) is 0 Å². The van der Waals surface area contributed by atoms with Crippen LogP contribution in [0.1, 0.15) is 24.3 Å². The third kappa shape index (κ3) is 4.15. The smallest absolute Gasteiger partial charge is 0.407 e. The summed E-state index contributed by atoms with van der Waals surface area (Å²) in [6, 6.07) is 2.15. The molecule has 0 bridgehead atoms. The van der Waals surface area contributed by atoms with Crippen LogP contribution in [0.2, 0.25) is 0 Å². The lowest BCUT2D eigenvalue weighted by Crippen LogP contribution is -2.61. The van der Waals surface area contributed by atoms with Crippen LogP contribution in [0, 0.1) is 11.6 Å². The molecule has 0 radical (unpaired) electrons. The van der Waals surface area contributed by atoms with Crippen LogP contribution in [-0.4, -0.2) is 65.8 Å². The van der Waals surface area contributed by atoms with Gasteiger partial charge in [0.25, 0.3) is 0 Å². The number of hydrogen-bond acceptors (Lipinski definition) is 7. The summed E-state index contributed by atoms with van der Waals surface area (Å²) in [5.74, 6) is -3.02. The largest absolute Gasteiger partial charge is 0.442 e. The van der Waals surface area contributed by atoms with E-state index in [-0.39, 0.29) is 30.6 Å². The van der Waals surface area contributed by atoms with Crippen LogP contribution >= 0.6 is 0 Å². The Labute approximate surface area is 193 Å². The molecule has 12 heteroatoms. The number of piperidine rings is 1. The summed E-state index contributed by atoms with van der Waals surface area (Å²) in [4.78, 5) is 43.4. The predicted molar refractivity (Wildman–Crippen MR) is 116 cm³/mol. The molecule has 3 saturated heterocycles. The fourth-order valence-electron chi connectivity index (χ4n) is 4.53. The Morgan fingerprint density at radius 3 is 2.47 bits per heavy atom. The second-order valence-corrected chi connectivity index (χ2v) is 8.84. The highest BCUT2D eigenvalue weighted by atomic mass is 19.1. The van der Waals surface area contributed by atoms with Gasteiger partial charge in [-0.25, -0.2) is 18.6 Å². The summed E-state index contributed by atoms with van der Waals surface area (Å²) in [6.45, 7) is 1.87. The number of anilines is 2. The number of nitrogens with zero attached hydrogens (tertiary/aromatic N) is 4. The number of rotatable bonds is 5. The van der Waals surface area contributed by atoms with Gasteiger partial charge in [-0.1, -0.05) is 0 Å². The first-order chi connectivity index (χ1) is 16.3. The molecule has 2 N–H and O–H groups in total. The van der Waals surface area contributed by atoms with E-state index in [1.807, 2.05) is 22.7 Å². The van der Waals surface area contributed by atoms with Crippen molar-refractivity contribution in [2.45, 2.75) is 30.9 Å². The number of halogens is 2. The molecule has 2 aromatic rings. The van der Waals surface area contributed by atoms with Crippen molar-refractivity contribution in [2.24, 2.45) is 7.05 Å². The summed E-state index contributed by atoms with van der Waals surface area (Å²) in [5.41, 5.74) is -0.00484. The standard InChI is InChI=1S/C22H24F2N6O4/c1-28-5-4-25-21(28)30-10-14(11-30)34-22(33)26-12-8-29(9-12)13-6-16(23)19(17(24)7-13)15-2-3-18(31)27-20(15)32/h4-7,12,14-15H,2-3,8-11H2,1H3,(H,26,33)(H,27,31,32). The van der Waals surface area contributed by atoms with E-state index >= 15 is 0 Å². The third-order valence-electron chi connectivity index (χ3n) is 6.42. The molecule has 4 heterocycles. The Morgan fingerprint density at radius 1 is 1.15 bits per heavy atom. The van der Waals surface area contributed by atoms with Gasteiger partial charge in [0.2, 0.25) is 17.8 Å². The number of carbonyl (C=O) groups is 3. The van der Waals surface area contributed by atoms with E-state index in [4.69, 9.17) is 4.74 Å². The minimum Gasteiger partial charge on any atom is -0.442 e. The van der Waals surface area contributed by atoms with Gasteiger partial charge < -0.3 is 24.4 Å².